The molecule has 0 bridgehead atoms. The smallest absolute Gasteiger partial charge is 0.0753 e. The van der Waals surface area contributed by atoms with Crippen molar-refractivity contribution in [1.29, 1.82) is 0 Å². The Morgan fingerprint density at radius 3 is 2.75 bits per heavy atom. The maximum atomic E-state index is 4.31. The molecule has 0 radical (unpaired) electrons. The van der Waals surface area contributed by atoms with E-state index in [4.69, 9.17) is 0 Å². The van der Waals surface area contributed by atoms with E-state index in [0.29, 0.717) is 0 Å². The highest BCUT2D eigenvalue weighted by atomic mass is 32.2. The molecule has 4 heteroatoms. The Bertz CT molecular complexity index is 543. The van der Waals surface area contributed by atoms with Gasteiger partial charge in [0.25, 0.3) is 0 Å². The largest absolute Gasteiger partial charge is 0.308 e. The van der Waals surface area contributed by atoms with Crippen molar-refractivity contribution in [3.63, 3.8) is 0 Å². The number of hydrogen-bond acceptors (Lipinski definition) is 4. The molecule has 0 saturated heterocycles. The molecular weight excluding hydrogens is 266 g/mol. The van der Waals surface area contributed by atoms with Crippen LogP contribution in [0.1, 0.15) is 29.8 Å². The van der Waals surface area contributed by atoms with Crippen molar-refractivity contribution >= 4 is 11.8 Å². The minimum absolute atomic E-state index is 0.240. The highest BCUT2D eigenvalue weighted by Gasteiger charge is 2.05. The third-order valence-electron chi connectivity index (χ3n) is 3.33. The second-order valence-electron chi connectivity index (χ2n) is 4.90. The first-order valence-corrected chi connectivity index (χ1v) is 7.84. The number of nitrogens with zero attached hydrogens (tertiary/aromatic N) is 2. The maximum Gasteiger partial charge on any atom is 0.0753 e. The van der Waals surface area contributed by atoms with Gasteiger partial charge in [-0.15, -0.1) is 11.8 Å². The van der Waals surface area contributed by atoms with Crippen molar-refractivity contribution in [2.75, 3.05) is 12.3 Å². The van der Waals surface area contributed by atoms with E-state index in [1.165, 1.54) is 16.0 Å². The van der Waals surface area contributed by atoms with Crippen molar-refractivity contribution in [2.24, 2.45) is 0 Å². The minimum Gasteiger partial charge on any atom is -0.308 e. The molecule has 0 saturated carbocycles. The topological polar surface area (TPSA) is 37.8 Å². The molecule has 1 aromatic heterocycles. The summed E-state index contributed by atoms with van der Waals surface area (Å²) in [6.07, 6.45) is 5.25. The van der Waals surface area contributed by atoms with Crippen LogP contribution in [-0.4, -0.2) is 22.3 Å². The van der Waals surface area contributed by atoms with Crippen LogP contribution in [0.5, 0.6) is 0 Å². The highest BCUT2D eigenvalue weighted by molar-refractivity contribution is 7.99. The molecule has 3 nitrogen and oxygen atoms in total. The van der Waals surface area contributed by atoms with Crippen LogP contribution >= 0.6 is 11.8 Å². The summed E-state index contributed by atoms with van der Waals surface area (Å²) in [6, 6.07) is 6.88. The second kappa shape index (κ2) is 7.41. The van der Waals surface area contributed by atoms with E-state index in [2.05, 4.69) is 54.3 Å². The third kappa shape index (κ3) is 4.32. The Morgan fingerprint density at radius 2 is 2.05 bits per heavy atom. The lowest BCUT2D eigenvalue weighted by Crippen LogP contribution is -2.22. The first-order valence-electron chi connectivity index (χ1n) is 6.86. The number of thioether (sulfide) groups is 1. The van der Waals surface area contributed by atoms with E-state index >= 15 is 0 Å². The number of benzene rings is 1. The molecule has 0 amide bonds. The van der Waals surface area contributed by atoms with Gasteiger partial charge in [-0.05, 0) is 44.0 Å². The molecule has 2 aromatic rings. The fraction of sp³-hybridized carbons (Fsp3) is 0.375. The van der Waals surface area contributed by atoms with E-state index in [9.17, 15) is 0 Å². The summed E-state index contributed by atoms with van der Waals surface area (Å²) < 4.78 is 0. The standard InChI is InChI=1S/C16H21N3S/c1-12-4-5-15(10-13(12)2)20-9-8-18-14(3)16-11-17-6-7-19-16/h4-7,10-11,14,18H,8-9H2,1-3H3/t14-/m1/s1. The Morgan fingerprint density at radius 1 is 1.20 bits per heavy atom. The molecule has 0 aliphatic rings. The average Bonchev–Trinajstić information content (AvgIpc) is 2.48. The van der Waals surface area contributed by atoms with Crippen LogP contribution in [0.25, 0.3) is 0 Å². The number of nitrogens with one attached hydrogen (secondary N) is 1. The molecule has 2 rings (SSSR count). The molecule has 0 spiro atoms. The van der Waals surface area contributed by atoms with Crippen LogP contribution in [0, 0.1) is 13.8 Å². The lowest BCUT2D eigenvalue weighted by atomic mass is 10.1. The minimum atomic E-state index is 0.240. The molecule has 0 aliphatic heterocycles. The summed E-state index contributed by atoms with van der Waals surface area (Å²) in [6.45, 7) is 7.38. The summed E-state index contributed by atoms with van der Waals surface area (Å²) in [5.74, 6) is 1.05. The lowest BCUT2D eigenvalue weighted by molar-refractivity contribution is 0.584. The van der Waals surface area contributed by atoms with Gasteiger partial charge >= 0.3 is 0 Å². The Labute approximate surface area is 125 Å². The number of hydrogen-bond donors (Lipinski definition) is 1. The van der Waals surface area contributed by atoms with Crippen molar-refractivity contribution in [2.45, 2.75) is 31.7 Å². The normalized spacial score (nSPS) is 12.3. The zero-order valence-corrected chi connectivity index (χ0v) is 13.1. The Kier molecular flexibility index (Phi) is 5.56. The molecular formula is C16H21N3S. The summed E-state index contributed by atoms with van der Waals surface area (Å²) in [7, 11) is 0. The first kappa shape index (κ1) is 15.0. The van der Waals surface area contributed by atoms with Gasteiger partial charge in [-0.3, -0.25) is 9.97 Å². The van der Waals surface area contributed by atoms with Crippen molar-refractivity contribution < 1.29 is 0 Å². The maximum absolute atomic E-state index is 4.31. The fourth-order valence-corrected chi connectivity index (χ4v) is 2.77. The van der Waals surface area contributed by atoms with Crippen molar-refractivity contribution in [3.8, 4) is 0 Å². The molecule has 0 aliphatic carbocycles. The molecule has 1 aromatic carbocycles. The van der Waals surface area contributed by atoms with Crippen LogP contribution < -0.4 is 5.32 Å². The van der Waals surface area contributed by atoms with Gasteiger partial charge in [-0.1, -0.05) is 6.07 Å². The van der Waals surface area contributed by atoms with Gasteiger partial charge in [-0.2, -0.15) is 0 Å². The molecule has 1 atom stereocenters. The molecule has 0 fully saturated rings. The van der Waals surface area contributed by atoms with Crippen LogP contribution in [-0.2, 0) is 0 Å². The zero-order valence-electron chi connectivity index (χ0n) is 12.3. The zero-order chi connectivity index (χ0) is 14.4. The summed E-state index contributed by atoms with van der Waals surface area (Å²) in [5.41, 5.74) is 3.70. The molecule has 1 heterocycles. The second-order valence-corrected chi connectivity index (χ2v) is 6.07. The van der Waals surface area contributed by atoms with Crippen LogP contribution in [0.2, 0.25) is 0 Å². The third-order valence-corrected chi connectivity index (χ3v) is 4.32. The van der Waals surface area contributed by atoms with Gasteiger partial charge in [0.2, 0.25) is 0 Å². The molecule has 20 heavy (non-hydrogen) atoms. The number of aryl methyl sites for hydroxylation is 2. The predicted molar refractivity (Wildman–Crippen MR) is 85.1 cm³/mol. The fourth-order valence-electron chi connectivity index (χ4n) is 1.89. The van der Waals surface area contributed by atoms with Crippen LogP contribution in [0.4, 0.5) is 0 Å². The average molecular weight is 287 g/mol. The van der Waals surface area contributed by atoms with E-state index in [0.717, 1.165) is 18.0 Å². The van der Waals surface area contributed by atoms with E-state index in [1.807, 2.05) is 18.0 Å². The molecule has 1 N–H and O–H groups in total. The van der Waals surface area contributed by atoms with Gasteiger partial charge < -0.3 is 5.32 Å². The van der Waals surface area contributed by atoms with E-state index in [-0.39, 0.29) is 6.04 Å². The van der Waals surface area contributed by atoms with Gasteiger partial charge in [-0.25, -0.2) is 0 Å². The lowest BCUT2D eigenvalue weighted by Gasteiger charge is -2.12. The predicted octanol–water partition coefficient (Wildman–Crippen LogP) is 3.54. The summed E-state index contributed by atoms with van der Waals surface area (Å²) >= 11 is 1.88. The molecule has 0 unspecified atom stereocenters. The quantitative estimate of drug-likeness (QED) is 0.651. The van der Waals surface area contributed by atoms with Gasteiger partial charge in [0.15, 0.2) is 0 Å². The van der Waals surface area contributed by atoms with Crippen LogP contribution in [0.15, 0.2) is 41.7 Å². The first-order chi connectivity index (χ1) is 9.66. The number of rotatable bonds is 6. The molecule has 106 valence electrons. The van der Waals surface area contributed by atoms with E-state index < -0.39 is 0 Å². The summed E-state index contributed by atoms with van der Waals surface area (Å²) in [5, 5.41) is 3.47. The van der Waals surface area contributed by atoms with Gasteiger partial charge in [0.05, 0.1) is 5.69 Å². The van der Waals surface area contributed by atoms with E-state index in [1.54, 1.807) is 12.4 Å². The van der Waals surface area contributed by atoms with Crippen LogP contribution in [0.3, 0.4) is 0 Å². The van der Waals surface area contributed by atoms with Crippen molar-refractivity contribution in [3.05, 3.63) is 53.6 Å². The number of aromatic nitrogens is 2. The van der Waals surface area contributed by atoms with Crippen molar-refractivity contribution in [1.82, 2.24) is 15.3 Å². The highest BCUT2D eigenvalue weighted by Crippen LogP contribution is 2.20. The Balaban J connectivity index is 1.75. The van der Waals surface area contributed by atoms with Gasteiger partial charge in [0.1, 0.15) is 0 Å². The Hall–Kier alpha value is -1.39. The monoisotopic (exact) mass is 287 g/mol. The van der Waals surface area contributed by atoms with Gasteiger partial charge in [0, 0.05) is 41.8 Å². The SMILES string of the molecule is Cc1ccc(SCCN[C@H](C)c2cnccn2)cc1C. The summed E-state index contributed by atoms with van der Waals surface area (Å²) in [4.78, 5) is 9.73.